The molecule has 0 fully saturated rings. The molecule has 6 N–H and O–H groups in total. The zero-order chi connectivity index (χ0) is 93.0. The highest BCUT2D eigenvalue weighted by Crippen LogP contribution is 2.32. The number of aryl methyl sites for hydroxylation is 7. The van der Waals surface area contributed by atoms with Crippen molar-refractivity contribution in [2.75, 3.05) is 0 Å². The number of H-pyrrole nitrogens is 6. The highest BCUT2D eigenvalue weighted by Gasteiger charge is 2.16. The first-order chi connectivity index (χ1) is 67.3. The van der Waals surface area contributed by atoms with E-state index in [0.717, 1.165) is 190 Å². The quantitative estimate of drug-likeness (QED) is 0.0366. The Hall–Kier alpha value is -17.4. The average molecular weight is 1850 g/mol. The number of furan rings is 6. The monoisotopic (exact) mass is 1840 g/mol. The van der Waals surface area contributed by atoms with Crippen LogP contribution in [0.15, 0.2) is 413 Å². The summed E-state index contributed by atoms with van der Waals surface area (Å²) < 4.78 is 58.6. The van der Waals surface area contributed by atoms with Gasteiger partial charge < -0.3 is 56.4 Å². The third-order valence-corrected chi connectivity index (χ3v) is 22.6. The van der Waals surface area contributed by atoms with E-state index in [0.29, 0.717) is 33.8 Å². The van der Waals surface area contributed by atoms with Crippen LogP contribution in [0.3, 0.4) is 0 Å². The van der Waals surface area contributed by atoms with E-state index in [2.05, 4.69) is 173 Å². The minimum atomic E-state index is -0.277. The van der Waals surface area contributed by atoms with Crippen molar-refractivity contribution in [1.29, 1.82) is 0 Å². The van der Waals surface area contributed by atoms with E-state index in [1.807, 2.05) is 206 Å². The Balaban J connectivity index is 0.000000105. The van der Waals surface area contributed by atoms with Crippen LogP contribution in [-0.4, -0.2) is 78.5 Å². The van der Waals surface area contributed by atoms with Crippen LogP contribution in [0.4, 0.5) is 25.8 Å². The van der Waals surface area contributed by atoms with Crippen molar-refractivity contribution in [2.24, 2.45) is 15.0 Å². The molecule has 24 rings (SSSR count). The summed E-state index contributed by atoms with van der Waals surface area (Å²) in [5, 5.41) is 1.48. The molecule has 12 aromatic heterocycles. The normalized spacial score (nSPS) is 11.3. The van der Waals surface area contributed by atoms with E-state index in [9.17, 15) is 8.78 Å². The Morgan fingerprint density at radius 2 is 0.526 bits per heavy atom. The second-order valence-electron chi connectivity index (χ2n) is 32.1. The predicted octanol–water partition coefficient (Wildman–Crippen LogP) is 29.4. The molecular weight excluding hydrogens is 1760 g/mol. The number of rotatable bonds is 21. The third kappa shape index (κ3) is 23.4. The van der Waals surface area contributed by atoms with Gasteiger partial charge in [-0.25, -0.2) is 38.7 Å². The number of halogens is 4. The highest BCUT2D eigenvalue weighted by atomic mass is 35.5. The summed E-state index contributed by atoms with van der Waals surface area (Å²) in [7, 11) is 0. The summed E-state index contributed by atoms with van der Waals surface area (Å²) in [4.78, 5) is 60.2. The van der Waals surface area contributed by atoms with E-state index >= 15 is 0 Å². The number of hydrogen-bond acceptors (Lipinski definition) is 15. The van der Waals surface area contributed by atoms with Crippen LogP contribution < -0.4 is 0 Å². The number of nitrogens with zero attached hydrogens (tertiary/aromatic N) is 9. The van der Waals surface area contributed by atoms with Crippen molar-refractivity contribution in [3.8, 4) is 69.5 Å². The summed E-state index contributed by atoms with van der Waals surface area (Å²) in [6.45, 7) is 2.07. The molecule has 0 radical (unpaired) electrons. The van der Waals surface area contributed by atoms with Gasteiger partial charge in [-0.15, -0.1) is 0 Å². The lowest BCUT2D eigenvalue weighted by molar-refractivity contribution is 0.578. The maximum absolute atomic E-state index is 13.2. The lowest BCUT2D eigenvalue weighted by Crippen LogP contribution is -1.92. The molecule has 0 saturated carbocycles. The van der Waals surface area contributed by atoms with Crippen LogP contribution in [0, 0.1) is 18.6 Å². The van der Waals surface area contributed by atoms with Crippen LogP contribution in [0.2, 0.25) is 10.0 Å². The van der Waals surface area contributed by atoms with Crippen LogP contribution in [0.5, 0.6) is 0 Å². The Kier molecular flexibility index (Phi) is 27.5. The number of hydrogen-bond donors (Lipinski definition) is 6. The van der Waals surface area contributed by atoms with Gasteiger partial charge in [0, 0.05) is 28.7 Å². The van der Waals surface area contributed by atoms with E-state index in [4.69, 9.17) is 49.7 Å². The zero-order valence-corrected chi connectivity index (χ0v) is 75.2. The van der Waals surface area contributed by atoms with Gasteiger partial charge in [0.1, 0.15) is 11.6 Å². The molecule has 0 spiro atoms. The summed E-state index contributed by atoms with van der Waals surface area (Å²) >= 11 is 12.0. The van der Waals surface area contributed by atoms with Gasteiger partial charge in [0.05, 0.1) is 121 Å². The van der Waals surface area contributed by atoms with Gasteiger partial charge in [-0.1, -0.05) is 150 Å². The summed E-state index contributed by atoms with van der Waals surface area (Å²) in [6.07, 6.45) is 20.8. The average Bonchev–Trinajstić information content (AvgIpc) is 1.69. The smallest absolute Gasteiger partial charge is 0.174 e. The molecule has 0 aliphatic heterocycles. The summed E-state index contributed by atoms with van der Waals surface area (Å²) in [5.41, 5.74) is 25.1. The number of benzene rings is 12. The SMILES string of the molecule is Cc1cccc(C=Nc2ccc3nc(-c4ccco4)[nH]c3c2)c1.Clc1cccc(C=Nc2ccc3nc(-c4ccco4)[nH]c3c2)c1.Clc1cccc(CCc2ccc3nc(-c4ccco4)[nH]c3c2)c1.Fc1cccc(C=Nc2ccc3nc(-c4ccco4)[nH]c3c2)c1.Fc1cccc(CCc2ccc3nc(-c4ccco4)[nH]c3c2)c1.c1ccc(CCc2ccc3nc(-c4ccco4)[nH]c3c2)cc1. The topological polar surface area (TPSA) is 288 Å². The molecule has 672 valence electrons. The van der Waals surface area contributed by atoms with E-state index in [1.165, 1.54) is 51.6 Å². The largest absolute Gasteiger partial charge is 0.461 e. The third-order valence-electron chi connectivity index (χ3n) is 22.1. The molecule has 12 heterocycles. The molecule has 0 bridgehead atoms. The van der Waals surface area contributed by atoms with E-state index < -0.39 is 0 Å². The maximum atomic E-state index is 13.2. The lowest BCUT2D eigenvalue weighted by Gasteiger charge is -2.03. The minimum Gasteiger partial charge on any atom is -0.461 e. The van der Waals surface area contributed by atoms with Gasteiger partial charge in [0.15, 0.2) is 69.5 Å². The molecule has 21 nitrogen and oxygen atoms in total. The summed E-state index contributed by atoms with van der Waals surface area (Å²) in [6, 6.07) is 106. The molecule has 0 amide bonds. The molecule has 137 heavy (non-hydrogen) atoms. The van der Waals surface area contributed by atoms with Crippen LogP contribution in [0.25, 0.3) is 136 Å². The Bertz CT molecular complexity index is 7650. The molecular formula is C112H85Cl2F2N15O6. The first-order valence-electron chi connectivity index (χ1n) is 44.2. The number of aromatic nitrogens is 12. The Labute approximate surface area is 793 Å². The molecule has 0 atom stereocenters. The number of imidazole rings is 6. The predicted molar refractivity (Wildman–Crippen MR) is 540 cm³/mol. The van der Waals surface area contributed by atoms with Gasteiger partial charge in [0.25, 0.3) is 0 Å². The molecule has 25 heteroatoms. The highest BCUT2D eigenvalue weighted by molar-refractivity contribution is 6.31. The molecule has 0 aliphatic rings. The first kappa shape index (κ1) is 88.8. The second-order valence-corrected chi connectivity index (χ2v) is 33.0. The molecule has 24 aromatic rings. The van der Waals surface area contributed by atoms with E-state index in [-0.39, 0.29) is 11.6 Å². The van der Waals surface area contributed by atoms with Crippen molar-refractivity contribution in [3.05, 3.63) is 449 Å². The Morgan fingerprint density at radius 1 is 0.248 bits per heavy atom. The van der Waals surface area contributed by atoms with Crippen LogP contribution in [0.1, 0.15) is 55.6 Å². The number of aliphatic imine (C=N–C) groups is 3. The standard InChI is InChI=1S/C19H15ClN2O.C19H15FN2O.C19H15N3O.C19H16N2O.C18H12ClN3O.C18H12FN3O/c2*20-15-4-1-3-13(11-15)6-7-14-8-9-16-17(12-14)22-19(21-16)18-5-2-10-23-18;1-13-4-2-5-14(10-13)12-20-15-7-8-16-17(11-15)22-19(21-16)18-6-3-9-23-18;1-2-5-14(6-3-1)8-9-15-10-11-16-17(13-15)21-19(20-16)18-7-4-12-22-18;2*19-13-4-1-3-12(9-13)11-20-14-6-7-15-16(10-14)22-18(21-15)17-5-2-8-23-17/h2*1-5,8-12H,6-7H2,(H,21,22);2-12H,1H3,(H,21,22);1-7,10-13H,8-9H2,(H,20,21);2*1-11H,(H,21,22). The Morgan fingerprint density at radius 3 is 0.854 bits per heavy atom. The fourth-order valence-corrected chi connectivity index (χ4v) is 15.7. The van der Waals surface area contributed by atoms with Gasteiger partial charge in [0.2, 0.25) is 0 Å². The number of nitrogens with one attached hydrogen (secondary N) is 6. The van der Waals surface area contributed by atoms with Gasteiger partial charge in [-0.3, -0.25) is 15.0 Å². The van der Waals surface area contributed by atoms with Gasteiger partial charge in [-0.2, -0.15) is 0 Å². The van der Waals surface area contributed by atoms with Crippen molar-refractivity contribution in [1.82, 2.24) is 59.8 Å². The molecule has 0 aliphatic carbocycles. The van der Waals surface area contributed by atoms with Crippen molar-refractivity contribution in [3.63, 3.8) is 0 Å². The molecule has 12 aromatic carbocycles. The number of aromatic amines is 6. The fourth-order valence-electron chi connectivity index (χ4n) is 15.3. The van der Waals surface area contributed by atoms with Crippen molar-refractivity contribution < 1.29 is 35.3 Å². The fraction of sp³-hybridized carbons (Fsp3) is 0.0625. The van der Waals surface area contributed by atoms with E-state index in [1.54, 1.807) is 74.3 Å². The van der Waals surface area contributed by atoms with Crippen LogP contribution >= 0.6 is 23.2 Å². The second kappa shape index (κ2) is 42.4. The first-order valence-corrected chi connectivity index (χ1v) is 44.9. The maximum Gasteiger partial charge on any atom is 0.174 e. The van der Waals surface area contributed by atoms with Crippen molar-refractivity contribution in [2.45, 2.75) is 45.4 Å². The van der Waals surface area contributed by atoms with Gasteiger partial charge in [-0.05, 0) is 308 Å². The number of fused-ring (bicyclic) bond motifs is 6. The molecule has 0 saturated heterocycles. The van der Waals surface area contributed by atoms with Gasteiger partial charge >= 0.3 is 0 Å². The lowest BCUT2D eigenvalue weighted by atomic mass is 10.0. The summed E-state index contributed by atoms with van der Waals surface area (Å²) in [5.74, 6) is 8.29. The van der Waals surface area contributed by atoms with Crippen molar-refractivity contribution >= 4 is 125 Å². The van der Waals surface area contributed by atoms with Crippen LogP contribution in [-0.2, 0) is 38.5 Å². The zero-order valence-electron chi connectivity index (χ0n) is 73.7. The molecule has 0 unspecified atom stereocenters. The minimum absolute atomic E-state index is 0.186.